The molecule has 1 aromatic carbocycles. The van der Waals surface area contributed by atoms with Crippen LogP contribution in [0.15, 0.2) is 35.7 Å². The largest absolute Gasteiger partial charge is 0.350 e. The molecule has 2 aromatic rings. The van der Waals surface area contributed by atoms with Gasteiger partial charge in [-0.25, -0.2) is 0 Å². The number of carbonyl (C=O) groups excluding carboxylic acids is 1. The van der Waals surface area contributed by atoms with E-state index in [1.807, 2.05) is 56.5 Å². The molecular formula is C17H24N4OS. The summed E-state index contributed by atoms with van der Waals surface area (Å²) in [6.45, 7) is 10.1. The zero-order valence-electron chi connectivity index (χ0n) is 14.3. The van der Waals surface area contributed by atoms with Crippen LogP contribution in [0.25, 0.3) is 5.69 Å². The van der Waals surface area contributed by atoms with Gasteiger partial charge in [0.1, 0.15) is 6.33 Å². The minimum atomic E-state index is -0.243. The molecule has 1 unspecified atom stereocenters. The van der Waals surface area contributed by atoms with Gasteiger partial charge in [-0.3, -0.25) is 9.36 Å². The summed E-state index contributed by atoms with van der Waals surface area (Å²) in [6, 6.07) is 8.05. The Morgan fingerprint density at radius 2 is 2.09 bits per heavy atom. The third-order valence-electron chi connectivity index (χ3n) is 3.89. The van der Waals surface area contributed by atoms with Crippen LogP contribution in [0.4, 0.5) is 0 Å². The van der Waals surface area contributed by atoms with Crippen LogP contribution in [-0.2, 0) is 4.79 Å². The number of benzene rings is 1. The lowest BCUT2D eigenvalue weighted by molar-refractivity contribution is -0.121. The Morgan fingerprint density at radius 1 is 1.39 bits per heavy atom. The molecule has 2 rings (SSSR count). The predicted molar refractivity (Wildman–Crippen MR) is 93.9 cm³/mol. The average molecular weight is 332 g/mol. The molecule has 0 saturated carbocycles. The van der Waals surface area contributed by atoms with Crippen molar-refractivity contribution in [1.82, 2.24) is 20.1 Å². The summed E-state index contributed by atoms with van der Waals surface area (Å²) in [5.74, 6) is 0.0150. The molecule has 23 heavy (non-hydrogen) atoms. The fraction of sp³-hybridized carbons (Fsp3) is 0.471. The van der Waals surface area contributed by atoms with Crippen LogP contribution in [0.2, 0.25) is 0 Å². The third kappa shape index (κ3) is 4.34. The van der Waals surface area contributed by atoms with Gasteiger partial charge in [0, 0.05) is 5.54 Å². The maximum absolute atomic E-state index is 12.4. The first-order valence-electron chi connectivity index (χ1n) is 7.79. The van der Waals surface area contributed by atoms with E-state index in [2.05, 4.69) is 22.4 Å². The second-order valence-electron chi connectivity index (χ2n) is 6.26. The van der Waals surface area contributed by atoms with Gasteiger partial charge in [-0.2, -0.15) is 0 Å². The summed E-state index contributed by atoms with van der Waals surface area (Å²) < 4.78 is 1.93. The van der Waals surface area contributed by atoms with Gasteiger partial charge in [-0.05, 0) is 45.7 Å². The topological polar surface area (TPSA) is 59.8 Å². The Labute approximate surface area is 141 Å². The van der Waals surface area contributed by atoms with Gasteiger partial charge in [0.05, 0.1) is 10.9 Å². The number of hydrogen-bond donors (Lipinski definition) is 1. The van der Waals surface area contributed by atoms with Gasteiger partial charge in [0.25, 0.3) is 0 Å². The fourth-order valence-corrected chi connectivity index (χ4v) is 2.87. The van der Waals surface area contributed by atoms with E-state index in [9.17, 15) is 4.79 Å². The first-order valence-corrected chi connectivity index (χ1v) is 8.66. The number of aromatic nitrogens is 3. The van der Waals surface area contributed by atoms with E-state index < -0.39 is 0 Å². The number of nitrogens with one attached hydrogen (secondary N) is 1. The molecule has 0 aliphatic rings. The number of hydrogen-bond acceptors (Lipinski definition) is 4. The Balaban J connectivity index is 2.15. The molecule has 0 spiro atoms. The quantitative estimate of drug-likeness (QED) is 0.824. The van der Waals surface area contributed by atoms with Crippen molar-refractivity contribution in [3.63, 3.8) is 0 Å². The number of para-hydroxylation sites is 1. The maximum Gasteiger partial charge on any atom is 0.233 e. The van der Waals surface area contributed by atoms with Gasteiger partial charge in [-0.15, -0.1) is 10.2 Å². The first-order chi connectivity index (χ1) is 10.8. The minimum absolute atomic E-state index is 0.0150. The van der Waals surface area contributed by atoms with Crippen LogP contribution < -0.4 is 5.32 Å². The van der Waals surface area contributed by atoms with Crippen molar-refractivity contribution < 1.29 is 4.79 Å². The van der Waals surface area contributed by atoms with Crippen molar-refractivity contribution in [2.24, 2.45) is 0 Å². The molecule has 6 heteroatoms. The molecule has 1 amide bonds. The zero-order chi connectivity index (χ0) is 17.0. The van der Waals surface area contributed by atoms with Gasteiger partial charge < -0.3 is 5.32 Å². The molecule has 0 bridgehead atoms. The number of nitrogens with zero attached hydrogens (tertiary/aromatic N) is 3. The molecule has 0 fully saturated rings. The molecular weight excluding hydrogens is 308 g/mol. The van der Waals surface area contributed by atoms with Crippen LogP contribution in [0.3, 0.4) is 0 Å². The maximum atomic E-state index is 12.4. The van der Waals surface area contributed by atoms with E-state index in [0.29, 0.717) is 0 Å². The van der Waals surface area contributed by atoms with Crippen LogP contribution in [0.1, 0.15) is 39.7 Å². The summed E-state index contributed by atoms with van der Waals surface area (Å²) in [5, 5.41) is 11.7. The van der Waals surface area contributed by atoms with Gasteiger partial charge >= 0.3 is 0 Å². The monoisotopic (exact) mass is 332 g/mol. The van der Waals surface area contributed by atoms with Crippen molar-refractivity contribution in [3.05, 3.63) is 36.2 Å². The normalized spacial score (nSPS) is 12.9. The van der Waals surface area contributed by atoms with Crippen molar-refractivity contribution in [2.45, 2.75) is 57.0 Å². The molecule has 1 N–H and O–H groups in total. The summed E-state index contributed by atoms with van der Waals surface area (Å²) in [4.78, 5) is 12.4. The Morgan fingerprint density at radius 3 is 2.74 bits per heavy atom. The van der Waals surface area contributed by atoms with E-state index in [-0.39, 0.29) is 16.7 Å². The highest BCUT2D eigenvalue weighted by molar-refractivity contribution is 8.00. The molecule has 0 radical (unpaired) electrons. The summed E-state index contributed by atoms with van der Waals surface area (Å²) in [6.07, 6.45) is 2.57. The highest BCUT2D eigenvalue weighted by atomic mass is 32.2. The van der Waals surface area contributed by atoms with Crippen molar-refractivity contribution in [1.29, 1.82) is 0 Å². The molecule has 1 atom stereocenters. The third-order valence-corrected chi connectivity index (χ3v) is 4.95. The van der Waals surface area contributed by atoms with Crippen LogP contribution in [0, 0.1) is 6.92 Å². The standard InChI is InChI=1S/C17H24N4OS/c1-6-17(4,5)19-15(22)13(3)23-16-20-18-11-21(16)14-10-8-7-9-12(14)2/h7-11,13H,6H2,1-5H3,(H,19,22). The van der Waals surface area contributed by atoms with Gasteiger partial charge in [-0.1, -0.05) is 36.9 Å². The average Bonchev–Trinajstić information content (AvgIpc) is 2.95. The van der Waals surface area contributed by atoms with Crippen LogP contribution in [-0.4, -0.2) is 31.5 Å². The Bertz CT molecular complexity index is 681. The summed E-state index contributed by atoms with van der Waals surface area (Å²) in [7, 11) is 0. The molecule has 5 nitrogen and oxygen atoms in total. The van der Waals surface area contributed by atoms with Crippen molar-refractivity contribution in [2.75, 3.05) is 0 Å². The van der Waals surface area contributed by atoms with Gasteiger partial charge in [0.15, 0.2) is 5.16 Å². The highest BCUT2D eigenvalue weighted by Gasteiger charge is 2.24. The second-order valence-corrected chi connectivity index (χ2v) is 7.56. The number of carbonyl (C=O) groups is 1. The number of thioether (sulfide) groups is 1. The van der Waals surface area contributed by atoms with Crippen LogP contribution in [0.5, 0.6) is 0 Å². The molecule has 1 heterocycles. The van der Waals surface area contributed by atoms with Crippen molar-refractivity contribution >= 4 is 17.7 Å². The molecule has 0 aliphatic heterocycles. The number of rotatable bonds is 6. The lowest BCUT2D eigenvalue weighted by atomic mass is 10.0. The van der Waals surface area contributed by atoms with E-state index in [0.717, 1.165) is 22.8 Å². The molecule has 124 valence electrons. The highest BCUT2D eigenvalue weighted by Crippen LogP contribution is 2.25. The Hall–Kier alpha value is -1.82. The summed E-state index contributed by atoms with van der Waals surface area (Å²) >= 11 is 1.42. The smallest absolute Gasteiger partial charge is 0.233 e. The molecule has 0 aliphatic carbocycles. The molecule has 1 aromatic heterocycles. The lowest BCUT2D eigenvalue weighted by Crippen LogP contribution is -2.46. The second kappa shape index (κ2) is 7.17. The number of aryl methyl sites for hydroxylation is 1. The van der Waals surface area contributed by atoms with E-state index in [4.69, 9.17) is 0 Å². The Kier molecular flexibility index (Phi) is 5.46. The van der Waals surface area contributed by atoms with Gasteiger partial charge in [0.2, 0.25) is 5.91 Å². The van der Waals surface area contributed by atoms with E-state index in [1.165, 1.54) is 11.8 Å². The molecule has 0 saturated heterocycles. The SMILES string of the molecule is CCC(C)(C)NC(=O)C(C)Sc1nncn1-c1ccccc1C. The van der Waals surface area contributed by atoms with E-state index in [1.54, 1.807) is 6.33 Å². The zero-order valence-corrected chi connectivity index (χ0v) is 15.1. The predicted octanol–water partition coefficient (Wildman–Crippen LogP) is 3.36. The fourth-order valence-electron chi connectivity index (χ4n) is 2.04. The van der Waals surface area contributed by atoms with Crippen molar-refractivity contribution in [3.8, 4) is 5.69 Å². The first kappa shape index (κ1) is 17.5. The number of amides is 1. The van der Waals surface area contributed by atoms with E-state index >= 15 is 0 Å². The van der Waals surface area contributed by atoms with Crippen LogP contribution >= 0.6 is 11.8 Å². The summed E-state index contributed by atoms with van der Waals surface area (Å²) in [5.41, 5.74) is 1.97. The minimum Gasteiger partial charge on any atom is -0.350 e. The lowest BCUT2D eigenvalue weighted by Gasteiger charge is -2.26.